The number of hydrogen-bond acceptors (Lipinski definition) is 3. The molecule has 0 radical (unpaired) electrons. The van der Waals surface area contributed by atoms with Gasteiger partial charge in [0.05, 0.1) is 11.2 Å². The molecule has 0 aliphatic rings. The first-order valence-electron chi connectivity index (χ1n) is 8.17. The fourth-order valence-electron chi connectivity index (χ4n) is 2.27. The van der Waals surface area contributed by atoms with Gasteiger partial charge in [0.2, 0.25) is 0 Å². The summed E-state index contributed by atoms with van der Waals surface area (Å²) in [5.41, 5.74) is 4.67. The van der Waals surface area contributed by atoms with Crippen molar-refractivity contribution < 1.29 is 9.53 Å². The van der Waals surface area contributed by atoms with Crippen molar-refractivity contribution in [2.75, 3.05) is 0 Å². The molecule has 0 aliphatic heterocycles. The van der Waals surface area contributed by atoms with Crippen LogP contribution in [0.25, 0.3) is 0 Å². The molecule has 0 atom stereocenters. The fourth-order valence-corrected chi connectivity index (χ4v) is 2.73. The van der Waals surface area contributed by atoms with Gasteiger partial charge in [-0.3, -0.25) is 4.79 Å². The van der Waals surface area contributed by atoms with Gasteiger partial charge in [-0.05, 0) is 42.0 Å². The number of carbonyl (C=O) groups is 1. The Bertz CT molecular complexity index is 942. The van der Waals surface area contributed by atoms with Crippen LogP contribution in [-0.4, -0.2) is 12.1 Å². The molecule has 0 saturated carbocycles. The van der Waals surface area contributed by atoms with Gasteiger partial charge in [0.1, 0.15) is 12.4 Å². The summed E-state index contributed by atoms with van der Waals surface area (Å²) in [6.07, 6.45) is 1.47. The lowest BCUT2D eigenvalue weighted by atomic mass is 10.2. The number of amides is 1. The summed E-state index contributed by atoms with van der Waals surface area (Å²) < 4.78 is 5.70. The average Bonchev–Trinajstić information content (AvgIpc) is 2.69. The molecule has 0 saturated heterocycles. The number of rotatable bonds is 6. The molecule has 4 nitrogen and oxygen atoms in total. The van der Waals surface area contributed by atoms with E-state index in [1.807, 2.05) is 30.3 Å². The van der Waals surface area contributed by atoms with E-state index in [0.717, 1.165) is 5.56 Å². The summed E-state index contributed by atoms with van der Waals surface area (Å²) >= 11 is 11.9. The summed E-state index contributed by atoms with van der Waals surface area (Å²) in [5, 5.41) is 4.92. The highest BCUT2D eigenvalue weighted by molar-refractivity contribution is 6.36. The van der Waals surface area contributed by atoms with Crippen molar-refractivity contribution >= 4 is 35.3 Å². The predicted molar refractivity (Wildman–Crippen MR) is 109 cm³/mol. The Morgan fingerprint density at radius 2 is 1.74 bits per heavy atom. The molecule has 3 rings (SSSR count). The summed E-state index contributed by atoms with van der Waals surface area (Å²) in [7, 11) is 0. The molecular formula is C21H16Cl2N2O2. The molecule has 0 fully saturated rings. The lowest BCUT2D eigenvalue weighted by Gasteiger charge is -2.07. The Morgan fingerprint density at radius 3 is 2.44 bits per heavy atom. The van der Waals surface area contributed by atoms with Gasteiger partial charge in [-0.2, -0.15) is 5.10 Å². The van der Waals surface area contributed by atoms with Crippen LogP contribution in [0.2, 0.25) is 10.0 Å². The normalized spacial score (nSPS) is 10.7. The maximum atomic E-state index is 12.1. The van der Waals surface area contributed by atoms with E-state index in [1.54, 1.807) is 42.5 Å². The summed E-state index contributed by atoms with van der Waals surface area (Å²) in [4.78, 5) is 12.1. The van der Waals surface area contributed by atoms with E-state index in [-0.39, 0.29) is 5.91 Å². The third-order valence-electron chi connectivity index (χ3n) is 3.70. The second kappa shape index (κ2) is 9.21. The van der Waals surface area contributed by atoms with Crippen LogP contribution in [-0.2, 0) is 6.61 Å². The van der Waals surface area contributed by atoms with Crippen molar-refractivity contribution in [2.45, 2.75) is 6.61 Å². The van der Waals surface area contributed by atoms with Gasteiger partial charge in [-0.1, -0.05) is 59.6 Å². The van der Waals surface area contributed by atoms with Gasteiger partial charge in [0.15, 0.2) is 0 Å². The Balaban J connectivity index is 1.54. The fraction of sp³-hybridized carbons (Fsp3) is 0.0476. The molecule has 136 valence electrons. The Hall–Kier alpha value is -2.82. The van der Waals surface area contributed by atoms with E-state index < -0.39 is 0 Å². The predicted octanol–water partition coefficient (Wildman–Crippen LogP) is 5.34. The van der Waals surface area contributed by atoms with E-state index >= 15 is 0 Å². The monoisotopic (exact) mass is 398 g/mol. The van der Waals surface area contributed by atoms with Crippen LogP contribution in [0.3, 0.4) is 0 Å². The molecule has 6 heteroatoms. The standard InChI is InChI=1S/C21H16Cl2N2O2/c22-18-9-6-17(20(23)12-18)13-24-25-21(26)16-7-10-19(11-8-16)27-14-15-4-2-1-3-5-15/h1-13H,14H2,(H,25,26). The Morgan fingerprint density at radius 1 is 1.00 bits per heavy atom. The molecule has 0 unspecified atom stereocenters. The van der Waals surface area contributed by atoms with Crippen molar-refractivity contribution in [3.8, 4) is 5.75 Å². The summed E-state index contributed by atoms with van der Waals surface area (Å²) in [5.74, 6) is 0.359. The SMILES string of the molecule is O=C(NN=Cc1ccc(Cl)cc1Cl)c1ccc(OCc2ccccc2)cc1. The number of hydrogen-bond donors (Lipinski definition) is 1. The van der Waals surface area contributed by atoms with Crippen LogP contribution < -0.4 is 10.2 Å². The summed E-state index contributed by atoms with van der Waals surface area (Å²) in [6, 6.07) is 21.8. The topological polar surface area (TPSA) is 50.7 Å². The van der Waals surface area contributed by atoms with E-state index in [2.05, 4.69) is 10.5 Å². The number of ether oxygens (including phenoxy) is 1. The number of halogens is 2. The van der Waals surface area contributed by atoms with Crippen molar-refractivity contribution in [3.05, 3.63) is 99.5 Å². The minimum atomic E-state index is -0.328. The minimum absolute atomic E-state index is 0.328. The van der Waals surface area contributed by atoms with Crippen LogP contribution in [0.5, 0.6) is 5.75 Å². The molecule has 0 aliphatic carbocycles. The van der Waals surface area contributed by atoms with Crippen LogP contribution in [0.4, 0.5) is 0 Å². The zero-order valence-corrected chi connectivity index (χ0v) is 15.7. The van der Waals surface area contributed by atoms with E-state index in [9.17, 15) is 4.79 Å². The van der Waals surface area contributed by atoms with E-state index in [4.69, 9.17) is 27.9 Å². The first-order chi connectivity index (χ1) is 13.1. The van der Waals surface area contributed by atoms with Gasteiger partial charge < -0.3 is 4.74 Å². The first kappa shape index (κ1) is 19.0. The molecule has 1 amide bonds. The van der Waals surface area contributed by atoms with Crippen LogP contribution in [0, 0.1) is 0 Å². The van der Waals surface area contributed by atoms with Crippen molar-refractivity contribution in [1.82, 2.24) is 5.43 Å². The van der Waals surface area contributed by atoms with Gasteiger partial charge in [-0.25, -0.2) is 5.43 Å². The van der Waals surface area contributed by atoms with Crippen molar-refractivity contribution in [2.24, 2.45) is 5.10 Å². The maximum Gasteiger partial charge on any atom is 0.271 e. The third-order valence-corrected chi connectivity index (χ3v) is 4.26. The largest absolute Gasteiger partial charge is 0.489 e. The smallest absolute Gasteiger partial charge is 0.271 e. The molecule has 27 heavy (non-hydrogen) atoms. The van der Waals surface area contributed by atoms with Gasteiger partial charge in [0, 0.05) is 16.1 Å². The number of carbonyl (C=O) groups excluding carboxylic acids is 1. The number of benzene rings is 3. The molecule has 0 spiro atoms. The minimum Gasteiger partial charge on any atom is -0.489 e. The second-order valence-corrected chi connectivity index (χ2v) is 6.51. The van der Waals surface area contributed by atoms with Crippen LogP contribution in [0.15, 0.2) is 77.9 Å². The number of nitrogens with zero attached hydrogens (tertiary/aromatic N) is 1. The average molecular weight is 399 g/mol. The Kier molecular flexibility index (Phi) is 6.47. The molecule has 3 aromatic rings. The first-order valence-corrected chi connectivity index (χ1v) is 8.92. The Labute approximate surface area is 167 Å². The van der Waals surface area contributed by atoms with E-state index in [1.165, 1.54) is 6.21 Å². The van der Waals surface area contributed by atoms with Crippen LogP contribution in [0.1, 0.15) is 21.5 Å². The third kappa shape index (κ3) is 5.58. The number of hydrazone groups is 1. The zero-order chi connectivity index (χ0) is 19.1. The highest BCUT2D eigenvalue weighted by atomic mass is 35.5. The maximum absolute atomic E-state index is 12.1. The van der Waals surface area contributed by atoms with E-state index in [0.29, 0.717) is 33.5 Å². The zero-order valence-electron chi connectivity index (χ0n) is 14.2. The molecule has 1 N–H and O–H groups in total. The highest BCUT2D eigenvalue weighted by Crippen LogP contribution is 2.19. The molecular weight excluding hydrogens is 383 g/mol. The second-order valence-electron chi connectivity index (χ2n) is 5.66. The lowest BCUT2D eigenvalue weighted by Crippen LogP contribution is -2.17. The lowest BCUT2D eigenvalue weighted by molar-refractivity contribution is 0.0955. The van der Waals surface area contributed by atoms with Gasteiger partial charge >= 0.3 is 0 Å². The highest BCUT2D eigenvalue weighted by Gasteiger charge is 2.05. The quantitative estimate of drug-likeness (QED) is 0.450. The van der Waals surface area contributed by atoms with Crippen molar-refractivity contribution in [1.29, 1.82) is 0 Å². The van der Waals surface area contributed by atoms with Gasteiger partial charge in [0.25, 0.3) is 5.91 Å². The van der Waals surface area contributed by atoms with Crippen LogP contribution >= 0.6 is 23.2 Å². The summed E-state index contributed by atoms with van der Waals surface area (Å²) in [6.45, 7) is 0.471. The molecule has 0 bridgehead atoms. The molecule has 0 aromatic heterocycles. The van der Waals surface area contributed by atoms with Crippen molar-refractivity contribution in [3.63, 3.8) is 0 Å². The van der Waals surface area contributed by atoms with Gasteiger partial charge in [-0.15, -0.1) is 0 Å². The molecule has 3 aromatic carbocycles. The molecule has 0 heterocycles. The number of nitrogens with one attached hydrogen (secondary N) is 1.